The third-order valence-corrected chi connectivity index (χ3v) is 3.32. The van der Waals surface area contributed by atoms with Gasteiger partial charge >= 0.3 is 0 Å². The van der Waals surface area contributed by atoms with Gasteiger partial charge in [-0.2, -0.15) is 0 Å². The second kappa shape index (κ2) is 5.92. The Morgan fingerprint density at radius 2 is 1.26 bits per heavy atom. The Bertz CT molecular complexity index is 834. The van der Waals surface area contributed by atoms with Crippen molar-refractivity contribution in [1.82, 2.24) is 4.98 Å². The molecule has 0 aliphatic carbocycles. The van der Waals surface area contributed by atoms with Gasteiger partial charge in [-0.05, 0) is 24.3 Å². The van der Waals surface area contributed by atoms with E-state index in [-0.39, 0.29) is 28.2 Å². The van der Waals surface area contributed by atoms with Crippen LogP contribution < -0.4 is 0 Å². The highest BCUT2D eigenvalue weighted by molar-refractivity contribution is 5.70. The van der Waals surface area contributed by atoms with Crippen molar-refractivity contribution in [3.8, 4) is 22.5 Å². The zero-order chi connectivity index (χ0) is 16.4. The minimum atomic E-state index is -0.615. The smallest absolute Gasteiger partial charge is 0.258 e. The first-order chi connectivity index (χ1) is 11.1. The van der Waals surface area contributed by atoms with Crippen LogP contribution in [0.3, 0.4) is 0 Å². The Labute approximate surface area is 130 Å². The lowest BCUT2D eigenvalue weighted by atomic mass is 10.1. The monoisotopic (exact) mass is 312 g/mol. The van der Waals surface area contributed by atoms with Crippen LogP contribution in [-0.2, 0) is 0 Å². The van der Waals surface area contributed by atoms with E-state index in [0.29, 0.717) is 0 Å². The number of nitrogens with zero attached hydrogens (tertiary/aromatic N) is 2. The van der Waals surface area contributed by atoms with Gasteiger partial charge in [0, 0.05) is 23.3 Å². The Morgan fingerprint density at radius 1 is 0.826 bits per heavy atom. The van der Waals surface area contributed by atoms with E-state index >= 15 is 0 Å². The third-order valence-electron chi connectivity index (χ3n) is 3.32. The van der Waals surface area contributed by atoms with Crippen LogP contribution in [0.15, 0.2) is 60.7 Å². The summed E-state index contributed by atoms with van der Waals surface area (Å²) < 4.78 is 27.9. The Morgan fingerprint density at radius 3 is 1.65 bits per heavy atom. The van der Waals surface area contributed by atoms with Crippen molar-refractivity contribution < 1.29 is 13.7 Å². The maximum atomic E-state index is 13.9. The van der Waals surface area contributed by atoms with Crippen LogP contribution in [0.5, 0.6) is 0 Å². The third kappa shape index (κ3) is 2.91. The molecule has 0 unspecified atom stereocenters. The van der Waals surface area contributed by atoms with E-state index in [1.807, 2.05) is 0 Å². The summed E-state index contributed by atoms with van der Waals surface area (Å²) in [7, 11) is 0. The van der Waals surface area contributed by atoms with E-state index in [2.05, 4.69) is 4.98 Å². The lowest BCUT2D eigenvalue weighted by Gasteiger charge is -2.07. The summed E-state index contributed by atoms with van der Waals surface area (Å²) >= 11 is 0. The Hall–Kier alpha value is -3.15. The highest BCUT2D eigenvalue weighted by atomic mass is 19.1. The fourth-order valence-electron chi connectivity index (χ4n) is 2.24. The summed E-state index contributed by atoms with van der Waals surface area (Å²) in [5.74, 6) is -1.11. The van der Waals surface area contributed by atoms with Gasteiger partial charge < -0.3 is 0 Å². The molecule has 2 aromatic carbocycles. The number of rotatable bonds is 3. The Balaban J connectivity index is 2.25. The van der Waals surface area contributed by atoms with Crippen molar-refractivity contribution >= 4 is 5.69 Å². The first kappa shape index (κ1) is 14.8. The van der Waals surface area contributed by atoms with Gasteiger partial charge in [-0.3, -0.25) is 10.1 Å². The van der Waals surface area contributed by atoms with Crippen molar-refractivity contribution in [2.24, 2.45) is 0 Å². The minimum absolute atomic E-state index is 0.0792. The van der Waals surface area contributed by atoms with Crippen LogP contribution in [0.25, 0.3) is 22.5 Å². The van der Waals surface area contributed by atoms with Crippen LogP contribution in [0.2, 0.25) is 0 Å². The molecule has 0 aliphatic rings. The van der Waals surface area contributed by atoms with Crippen molar-refractivity contribution in [1.29, 1.82) is 0 Å². The standard InChI is InChI=1S/C17H10F2N2O2/c18-14-7-3-1-5-12(14)16-9-11(21(22)23)10-17(20-16)13-6-2-4-8-15(13)19/h1-10H. The Kier molecular flexibility index (Phi) is 3.80. The maximum absolute atomic E-state index is 13.9. The van der Waals surface area contributed by atoms with Crippen LogP contribution in [0.4, 0.5) is 14.5 Å². The fourth-order valence-corrected chi connectivity index (χ4v) is 2.24. The lowest BCUT2D eigenvalue weighted by molar-refractivity contribution is -0.384. The minimum Gasteiger partial charge on any atom is -0.258 e. The van der Waals surface area contributed by atoms with E-state index in [1.165, 1.54) is 48.5 Å². The van der Waals surface area contributed by atoms with Crippen molar-refractivity contribution in [2.45, 2.75) is 0 Å². The number of pyridine rings is 1. The number of hydrogen-bond donors (Lipinski definition) is 0. The molecule has 23 heavy (non-hydrogen) atoms. The quantitative estimate of drug-likeness (QED) is 0.524. The van der Waals surface area contributed by atoms with Crippen molar-refractivity contribution in [3.63, 3.8) is 0 Å². The van der Waals surface area contributed by atoms with E-state index < -0.39 is 16.6 Å². The van der Waals surface area contributed by atoms with Crippen LogP contribution >= 0.6 is 0 Å². The summed E-state index contributed by atoms with van der Waals surface area (Å²) in [5, 5.41) is 11.1. The molecule has 114 valence electrons. The number of benzene rings is 2. The van der Waals surface area contributed by atoms with Crippen LogP contribution in [-0.4, -0.2) is 9.91 Å². The molecule has 0 aliphatic heterocycles. The molecule has 0 saturated heterocycles. The number of aromatic nitrogens is 1. The maximum Gasteiger partial charge on any atom is 0.273 e. The van der Waals surface area contributed by atoms with E-state index in [0.717, 1.165) is 0 Å². The fraction of sp³-hybridized carbons (Fsp3) is 0. The number of nitro groups is 1. The molecule has 1 aromatic heterocycles. The molecule has 0 atom stereocenters. The molecule has 3 rings (SSSR count). The molecule has 1 heterocycles. The molecule has 0 saturated carbocycles. The molecular formula is C17H10F2N2O2. The lowest BCUT2D eigenvalue weighted by Crippen LogP contribution is -1.96. The van der Waals surface area contributed by atoms with Crippen molar-refractivity contribution in [3.05, 3.63) is 82.4 Å². The van der Waals surface area contributed by atoms with Gasteiger partial charge in [0.05, 0.1) is 16.3 Å². The highest BCUT2D eigenvalue weighted by Crippen LogP contribution is 2.30. The number of hydrogen-bond acceptors (Lipinski definition) is 3. The molecule has 0 bridgehead atoms. The predicted molar refractivity (Wildman–Crippen MR) is 81.7 cm³/mol. The van der Waals surface area contributed by atoms with Crippen LogP contribution in [0, 0.1) is 21.7 Å². The predicted octanol–water partition coefficient (Wildman–Crippen LogP) is 4.60. The van der Waals surface area contributed by atoms with Crippen molar-refractivity contribution in [2.75, 3.05) is 0 Å². The molecule has 0 N–H and O–H groups in total. The largest absolute Gasteiger partial charge is 0.273 e. The molecule has 0 fully saturated rings. The van der Waals surface area contributed by atoms with Gasteiger partial charge in [-0.1, -0.05) is 24.3 Å². The van der Waals surface area contributed by atoms with Gasteiger partial charge in [-0.25, -0.2) is 13.8 Å². The van der Waals surface area contributed by atoms with Gasteiger partial charge in [0.2, 0.25) is 0 Å². The van der Waals surface area contributed by atoms with E-state index in [1.54, 1.807) is 12.1 Å². The van der Waals surface area contributed by atoms with Gasteiger partial charge in [-0.15, -0.1) is 0 Å². The molecule has 3 aromatic rings. The molecule has 4 nitrogen and oxygen atoms in total. The summed E-state index contributed by atoms with van der Waals surface area (Å²) in [6.07, 6.45) is 0. The molecule has 0 radical (unpaired) electrons. The van der Waals surface area contributed by atoms with E-state index in [4.69, 9.17) is 0 Å². The van der Waals surface area contributed by atoms with Gasteiger partial charge in [0.15, 0.2) is 0 Å². The zero-order valence-corrected chi connectivity index (χ0v) is 11.7. The molecular weight excluding hydrogens is 302 g/mol. The zero-order valence-electron chi connectivity index (χ0n) is 11.7. The molecule has 0 spiro atoms. The second-order valence-electron chi connectivity index (χ2n) is 4.81. The highest BCUT2D eigenvalue weighted by Gasteiger charge is 2.17. The van der Waals surface area contributed by atoms with Crippen LogP contribution in [0.1, 0.15) is 0 Å². The summed E-state index contributed by atoms with van der Waals surface area (Å²) in [6, 6.07) is 14.0. The average Bonchev–Trinajstić information content (AvgIpc) is 2.55. The topological polar surface area (TPSA) is 56.0 Å². The van der Waals surface area contributed by atoms with E-state index in [9.17, 15) is 18.9 Å². The van der Waals surface area contributed by atoms with Gasteiger partial charge in [0.1, 0.15) is 11.6 Å². The van der Waals surface area contributed by atoms with Gasteiger partial charge in [0.25, 0.3) is 5.69 Å². The molecule has 0 amide bonds. The second-order valence-corrected chi connectivity index (χ2v) is 4.81. The first-order valence-electron chi connectivity index (χ1n) is 6.72. The normalized spacial score (nSPS) is 10.5. The SMILES string of the molecule is O=[N+]([O-])c1cc(-c2ccccc2F)nc(-c2ccccc2F)c1. The summed E-state index contributed by atoms with van der Waals surface area (Å²) in [6.45, 7) is 0. The average molecular weight is 312 g/mol. The summed E-state index contributed by atoms with van der Waals surface area (Å²) in [5.41, 5.74) is 0.116. The summed E-state index contributed by atoms with van der Waals surface area (Å²) in [4.78, 5) is 14.7. The first-order valence-corrected chi connectivity index (χ1v) is 6.72. The molecule has 6 heteroatoms. The number of halogens is 2.